The first-order valence-electron chi connectivity index (χ1n) is 8.09. The van der Waals surface area contributed by atoms with E-state index in [1.165, 1.54) is 31.3 Å². The summed E-state index contributed by atoms with van der Waals surface area (Å²) in [6, 6.07) is 5.55. The second-order valence-electron chi connectivity index (χ2n) is 5.60. The molecule has 1 aliphatic rings. The maximum Gasteiger partial charge on any atom is 0.244 e. The standard InChI is InChI=1S/C19H25NO3/c1-22-17-10-8-16(14-18(17)23-2)9-11-19(21)20-13-12-15-6-4-3-5-7-15/h6,8-11,14H,3-5,7,12-13H2,1-2H3,(H,20,21). The third-order valence-electron chi connectivity index (χ3n) is 3.97. The summed E-state index contributed by atoms with van der Waals surface area (Å²) in [5.41, 5.74) is 2.37. The van der Waals surface area contributed by atoms with Crippen LogP contribution in [0.5, 0.6) is 11.5 Å². The quantitative estimate of drug-likeness (QED) is 0.616. The minimum absolute atomic E-state index is 0.0730. The lowest BCUT2D eigenvalue weighted by molar-refractivity contribution is -0.116. The molecule has 0 aromatic heterocycles. The van der Waals surface area contributed by atoms with E-state index in [0.717, 1.165) is 12.0 Å². The van der Waals surface area contributed by atoms with Gasteiger partial charge >= 0.3 is 0 Å². The fourth-order valence-electron chi connectivity index (χ4n) is 2.67. The number of carbonyl (C=O) groups excluding carboxylic acids is 1. The van der Waals surface area contributed by atoms with E-state index in [1.54, 1.807) is 26.4 Å². The molecule has 0 aliphatic heterocycles. The van der Waals surface area contributed by atoms with Crippen molar-refractivity contribution in [1.29, 1.82) is 0 Å². The van der Waals surface area contributed by atoms with Crippen LogP contribution in [-0.2, 0) is 4.79 Å². The second-order valence-corrected chi connectivity index (χ2v) is 5.60. The monoisotopic (exact) mass is 315 g/mol. The van der Waals surface area contributed by atoms with Crippen molar-refractivity contribution in [3.63, 3.8) is 0 Å². The van der Waals surface area contributed by atoms with Crippen molar-refractivity contribution < 1.29 is 14.3 Å². The molecule has 4 nitrogen and oxygen atoms in total. The summed E-state index contributed by atoms with van der Waals surface area (Å²) in [4.78, 5) is 11.9. The number of rotatable bonds is 7. The lowest BCUT2D eigenvalue weighted by Crippen LogP contribution is -2.22. The van der Waals surface area contributed by atoms with E-state index >= 15 is 0 Å². The average molecular weight is 315 g/mol. The Hall–Kier alpha value is -2.23. The van der Waals surface area contributed by atoms with Gasteiger partial charge in [0.25, 0.3) is 0 Å². The van der Waals surface area contributed by atoms with Crippen LogP contribution in [0.25, 0.3) is 6.08 Å². The summed E-state index contributed by atoms with van der Waals surface area (Å²) in [6.45, 7) is 0.695. The van der Waals surface area contributed by atoms with Gasteiger partial charge in [0, 0.05) is 12.6 Å². The molecule has 0 bridgehead atoms. The highest BCUT2D eigenvalue weighted by atomic mass is 16.5. The number of benzene rings is 1. The van der Waals surface area contributed by atoms with Gasteiger partial charge in [-0.3, -0.25) is 4.79 Å². The van der Waals surface area contributed by atoms with Gasteiger partial charge in [0.15, 0.2) is 11.5 Å². The van der Waals surface area contributed by atoms with Crippen LogP contribution >= 0.6 is 0 Å². The molecular weight excluding hydrogens is 290 g/mol. The molecule has 1 aliphatic carbocycles. The van der Waals surface area contributed by atoms with E-state index in [1.807, 2.05) is 18.2 Å². The van der Waals surface area contributed by atoms with Crippen molar-refractivity contribution in [3.05, 3.63) is 41.5 Å². The normalized spacial score (nSPS) is 14.4. The molecule has 2 rings (SSSR count). The molecule has 0 atom stereocenters. The molecule has 0 heterocycles. The van der Waals surface area contributed by atoms with Crippen LogP contribution in [0.3, 0.4) is 0 Å². The highest BCUT2D eigenvalue weighted by Crippen LogP contribution is 2.27. The van der Waals surface area contributed by atoms with Crippen molar-refractivity contribution in [2.45, 2.75) is 32.1 Å². The van der Waals surface area contributed by atoms with Gasteiger partial charge in [-0.2, -0.15) is 0 Å². The Balaban J connectivity index is 1.82. The molecule has 0 radical (unpaired) electrons. The number of nitrogens with one attached hydrogen (secondary N) is 1. The van der Waals surface area contributed by atoms with Gasteiger partial charge < -0.3 is 14.8 Å². The highest BCUT2D eigenvalue weighted by Gasteiger charge is 2.05. The van der Waals surface area contributed by atoms with Crippen molar-refractivity contribution in [2.75, 3.05) is 20.8 Å². The largest absolute Gasteiger partial charge is 0.493 e. The minimum atomic E-state index is -0.0730. The number of amides is 1. The summed E-state index contributed by atoms with van der Waals surface area (Å²) < 4.78 is 10.4. The molecule has 4 heteroatoms. The fraction of sp³-hybridized carbons (Fsp3) is 0.421. The Bertz CT molecular complexity index is 590. The van der Waals surface area contributed by atoms with Gasteiger partial charge in [-0.25, -0.2) is 0 Å². The molecule has 1 N–H and O–H groups in total. The Labute approximate surface area is 138 Å². The van der Waals surface area contributed by atoms with Crippen LogP contribution in [0.4, 0.5) is 0 Å². The number of carbonyl (C=O) groups is 1. The number of hydrogen-bond donors (Lipinski definition) is 1. The zero-order valence-electron chi connectivity index (χ0n) is 13.9. The van der Waals surface area contributed by atoms with Crippen molar-refractivity contribution in [1.82, 2.24) is 5.32 Å². The highest BCUT2D eigenvalue weighted by molar-refractivity contribution is 5.91. The molecule has 124 valence electrons. The van der Waals surface area contributed by atoms with Crippen LogP contribution in [0.1, 0.15) is 37.7 Å². The first-order valence-corrected chi connectivity index (χ1v) is 8.09. The van der Waals surface area contributed by atoms with Gasteiger partial charge in [0.05, 0.1) is 14.2 Å². The van der Waals surface area contributed by atoms with E-state index in [0.29, 0.717) is 18.0 Å². The SMILES string of the molecule is COc1ccc(C=CC(=O)NCCC2=CCCCC2)cc1OC. The zero-order valence-corrected chi connectivity index (χ0v) is 13.9. The Kier molecular flexibility index (Phi) is 6.73. The Morgan fingerprint density at radius 3 is 2.74 bits per heavy atom. The molecular formula is C19H25NO3. The van der Waals surface area contributed by atoms with Crippen molar-refractivity contribution >= 4 is 12.0 Å². The van der Waals surface area contributed by atoms with Crippen LogP contribution < -0.4 is 14.8 Å². The predicted molar refractivity (Wildman–Crippen MR) is 92.8 cm³/mol. The van der Waals surface area contributed by atoms with E-state index in [4.69, 9.17) is 9.47 Å². The molecule has 1 amide bonds. The molecule has 0 saturated heterocycles. The van der Waals surface area contributed by atoms with Gasteiger partial charge in [-0.1, -0.05) is 17.7 Å². The minimum Gasteiger partial charge on any atom is -0.493 e. The maximum absolute atomic E-state index is 11.9. The van der Waals surface area contributed by atoms with Gasteiger partial charge in [-0.15, -0.1) is 0 Å². The molecule has 0 saturated carbocycles. The van der Waals surface area contributed by atoms with E-state index in [2.05, 4.69) is 11.4 Å². The van der Waals surface area contributed by atoms with E-state index in [-0.39, 0.29) is 5.91 Å². The van der Waals surface area contributed by atoms with Gasteiger partial charge in [0.1, 0.15) is 0 Å². The third kappa shape index (κ3) is 5.47. The third-order valence-corrected chi connectivity index (χ3v) is 3.97. The van der Waals surface area contributed by atoms with Crippen LogP contribution in [0, 0.1) is 0 Å². The topological polar surface area (TPSA) is 47.6 Å². The Morgan fingerprint density at radius 1 is 1.22 bits per heavy atom. The van der Waals surface area contributed by atoms with Gasteiger partial charge in [0.2, 0.25) is 5.91 Å². The van der Waals surface area contributed by atoms with Crippen LogP contribution in [0.15, 0.2) is 35.9 Å². The summed E-state index contributed by atoms with van der Waals surface area (Å²) >= 11 is 0. The molecule has 0 unspecified atom stereocenters. The van der Waals surface area contributed by atoms with Crippen LogP contribution in [-0.4, -0.2) is 26.7 Å². The first kappa shape index (κ1) is 17.1. The summed E-state index contributed by atoms with van der Waals surface area (Å²) in [6.07, 6.45) is 11.5. The number of hydrogen-bond acceptors (Lipinski definition) is 3. The number of methoxy groups -OCH3 is 2. The lowest BCUT2D eigenvalue weighted by atomic mass is 9.97. The smallest absolute Gasteiger partial charge is 0.244 e. The second kappa shape index (κ2) is 9.03. The maximum atomic E-state index is 11.9. The molecule has 23 heavy (non-hydrogen) atoms. The molecule has 0 fully saturated rings. The Morgan fingerprint density at radius 2 is 2.04 bits per heavy atom. The summed E-state index contributed by atoms with van der Waals surface area (Å²) in [5.74, 6) is 1.25. The number of allylic oxidation sites excluding steroid dienone is 1. The van der Waals surface area contributed by atoms with Crippen molar-refractivity contribution in [2.24, 2.45) is 0 Å². The summed E-state index contributed by atoms with van der Waals surface area (Å²) in [5, 5.41) is 2.93. The molecule has 1 aromatic rings. The van der Waals surface area contributed by atoms with E-state index in [9.17, 15) is 4.79 Å². The average Bonchev–Trinajstić information content (AvgIpc) is 2.60. The fourth-order valence-corrected chi connectivity index (χ4v) is 2.67. The predicted octanol–water partition coefficient (Wildman–Crippen LogP) is 3.72. The molecule has 1 aromatic carbocycles. The summed E-state index contributed by atoms with van der Waals surface area (Å²) in [7, 11) is 3.20. The van der Waals surface area contributed by atoms with Crippen molar-refractivity contribution in [3.8, 4) is 11.5 Å². The first-order chi connectivity index (χ1) is 11.2. The lowest BCUT2D eigenvalue weighted by Gasteiger charge is -2.12. The molecule has 0 spiro atoms. The van der Waals surface area contributed by atoms with Gasteiger partial charge in [-0.05, 0) is 55.9 Å². The zero-order chi connectivity index (χ0) is 16.5. The van der Waals surface area contributed by atoms with Crippen LogP contribution in [0.2, 0.25) is 0 Å². The van der Waals surface area contributed by atoms with E-state index < -0.39 is 0 Å². The number of ether oxygens (including phenoxy) is 2.